The van der Waals surface area contributed by atoms with Gasteiger partial charge in [-0.1, -0.05) is 5.16 Å². The average molecular weight is 370 g/mol. The molecule has 25 heavy (non-hydrogen) atoms. The first-order valence-electron chi connectivity index (χ1n) is 7.51. The van der Waals surface area contributed by atoms with Gasteiger partial charge in [0, 0.05) is 43.1 Å². The molecule has 2 N–H and O–H groups in total. The molecule has 9 nitrogen and oxygen atoms in total. The molecule has 1 amide bonds. The number of carbonyl (C=O) groups is 1. The first-order chi connectivity index (χ1) is 11.5. The van der Waals surface area contributed by atoms with Gasteiger partial charge in [0.05, 0.1) is 4.92 Å². The smallest absolute Gasteiger partial charge is 0.269 e. The Morgan fingerprint density at radius 2 is 2.04 bits per heavy atom. The number of halogens is 1. The Morgan fingerprint density at radius 1 is 1.36 bits per heavy atom. The van der Waals surface area contributed by atoms with Gasteiger partial charge in [0.2, 0.25) is 5.89 Å². The van der Waals surface area contributed by atoms with Gasteiger partial charge < -0.3 is 15.2 Å². The van der Waals surface area contributed by atoms with E-state index in [1.165, 1.54) is 24.3 Å². The summed E-state index contributed by atoms with van der Waals surface area (Å²) in [7, 11) is 1.86. The van der Waals surface area contributed by atoms with Gasteiger partial charge in [-0.25, -0.2) is 0 Å². The number of amides is 1. The number of aromatic nitrogens is 2. The molecule has 0 spiro atoms. The molecule has 0 saturated heterocycles. The van der Waals surface area contributed by atoms with Gasteiger partial charge in [0.25, 0.3) is 11.6 Å². The zero-order valence-corrected chi connectivity index (χ0v) is 14.7. The SMILES string of the molecule is CNC(C)Cc1noc(CCNC(=O)c2ccc([N+](=O)[O-])cc2)n1.Cl. The molecule has 1 aromatic carbocycles. The van der Waals surface area contributed by atoms with E-state index >= 15 is 0 Å². The molecule has 1 unspecified atom stereocenters. The Labute approximate surface area is 150 Å². The highest BCUT2D eigenvalue weighted by atomic mass is 35.5. The number of rotatable bonds is 8. The first kappa shape index (κ1) is 20.5. The summed E-state index contributed by atoms with van der Waals surface area (Å²) in [6, 6.07) is 5.66. The minimum absolute atomic E-state index is 0. The van der Waals surface area contributed by atoms with E-state index in [1.807, 2.05) is 14.0 Å². The molecule has 136 valence electrons. The molecule has 0 bridgehead atoms. The number of hydrogen-bond acceptors (Lipinski definition) is 7. The van der Waals surface area contributed by atoms with Crippen LogP contribution in [-0.4, -0.2) is 40.6 Å². The second-order valence-electron chi connectivity index (χ2n) is 5.31. The van der Waals surface area contributed by atoms with Gasteiger partial charge in [-0.05, 0) is 26.1 Å². The van der Waals surface area contributed by atoms with Gasteiger partial charge in [-0.3, -0.25) is 14.9 Å². The summed E-state index contributed by atoms with van der Waals surface area (Å²) in [6.45, 7) is 2.35. The number of nitro groups is 1. The number of nitro benzene ring substituents is 1. The zero-order valence-electron chi connectivity index (χ0n) is 13.9. The van der Waals surface area contributed by atoms with Crippen molar-refractivity contribution in [1.82, 2.24) is 20.8 Å². The van der Waals surface area contributed by atoms with Crippen molar-refractivity contribution in [3.8, 4) is 0 Å². The number of nitrogens with zero attached hydrogens (tertiary/aromatic N) is 3. The van der Waals surface area contributed by atoms with E-state index in [0.717, 1.165) is 0 Å². The quantitative estimate of drug-likeness (QED) is 0.534. The van der Waals surface area contributed by atoms with Gasteiger partial charge in [0.1, 0.15) is 0 Å². The van der Waals surface area contributed by atoms with Crippen LogP contribution in [-0.2, 0) is 12.8 Å². The molecule has 1 aromatic heterocycles. The molecule has 0 radical (unpaired) electrons. The number of hydrogen-bond donors (Lipinski definition) is 2. The fraction of sp³-hybridized carbons (Fsp3) is 0.400. The van der Waals surface area contributed by atoms with Crippen LogP contribution in [0.25, 0.3) is 0 Å². The molecular weight excluding hydrogens is 350 g/mol. The van der Waals surface area contributed by atoms with Crippen molar-refractivity contribution in [3.05, 3.63) is 51.7 Å². The van der Waals surface area contributed by atoms with Crippen LogP contribution in [0.5, 0.6) is 0 Å². The van der Waals surface area contributed by atoms with E-state index in [4.69, 9.17) is 4.52 Å². The van der Waals surface area contributed by atoms with E-state index in [9.17, 15) is 14.9 Å². The second-order valence-corrected chi connectivity index (χ2v) is 5.31. The lowest BCUT2D eigenvalue weighted by Crippen LogP contribution is -2.25. The molecule has 1 atom stereocenters. The predicted molar refractivity (Wildman–Crippen MR) is 92.9 cm³/mol. The minimum Gasteiger partial charge on any atom is -0.352 e. The normalized spacial score (nSPS) is 11.4. The Bertz CT molecular complexity index is 704. The minimum atomic E-state index is -0.510. The van der Waals surface area contributed by atoms with Crippen molar-refractivity contribution in [3.63, 3.8) is 0 Å². The lowest BCUT2D eigenvalue weighted by Gasteiger charge is -2.04. The highest BCUT2D eigenvalue weighted by Gasteiger charge is 2.11. The van der Waals surface area contributed by atoms with Crippen LogP contribution in [0, 0.1) is 10.1 Å². The van der Waals surface area contributed by atoms with Crippen LogP contribution in [0.15, 0.2) is 28.8 Å². The van der Waals surface area contributed by atoms with E-state index in [0.29, 0.717) is 36.7 Å². The highest BCUT2D eigenvalue weighted by Crippen LogP contribution is 2.11. The van der Waals surface area contributed by atoms with Crippen LogP contribution in [0.3, 0.4) is 0 Å². The standard InChI is InChI=1S/C15H19N5O4.ClH/c1-10(16-2)9-13-18-14(24-19-13)7-8-17-15(21)11-3-5-12(6-4-11)20(22)23;/h3-6,10,16H,7-9H2,1-2H3,(H,17,21);1H. The zero-order chi connectivity index (χ0) is 17.5. The van der Waals surface area contributed by atoms with E-state index in [-0.39, 0.29) is 30.0 Å². The summed E-state index contributed by atoms with van der Waals surface area (Å²) < 4.78 is 5.12. The predicted octanol–water partition coefficient (Wildman–Crippen LogP) is 1.52. The summed E-state index contributed by atoms with van der Waals surface area (Å²) in [6.07, 6.45) is 1.08. The van der Waals surface area contributed by atoms with Gasteiger partial charge in [-0.15, -0.1) is 12.4 Å². The van der Waals surface area contributed by atoms with Crippen LogP contribution in [0.1, 0.15) is 29.0 Å². The molecular formula is C15H20ClN5O4. The molecule has 0 fully saturated rings. The molecule has 0 aliphatic rings. The molecule has 2 aromatic rings. The second kappa shape index (κ2) is 9.70. The summed E-state index contributed by atoms with van der Waals surface area (Å²) in [5.74, 6) is 0.763. The summed E-state index contributed by atoms with van der Waals surface area (Å²) >= 11 is 0. The lowest BCUT2D eigenvalue weighted by atomic mass is 10.2. The molecule has 2 rings (SSSR count). The van der Waals surface area contributed by atoms with Gasteiger partial charge in [-0.2, -0.15) is 4.98 Å². The average Bonchev–Trinajstić information content (AvgIpc) is 3.02. The maximum atomic E-state index is 11.9. The third kappa shape index (κ3) is 6.12. The number of nitrogens with one attached hydrogen (secondary N) is 2. The third-order valence-electron chi connectivity index (χ3n) is 3.46. The van der Waals surface area contributed by atoms with E-state index in [1.54, 1.807) is 0 Å². The fourth-order valence-corrected chi connectivity index (χ4v) is 1.97. The van der Waals surface area contributed by atoms with Crippen LogP contribution < -0.4 is 10.6 Å². The van der Waals surface area contributed by atoms with Crippen LogP contribution in [0.2, 0.25) is 0 Å². The maximum absolute atomic E-state index is 11.9. The van der Waals surface area contributed by atoms with Crippen LogP contribution in [0.4, 0.5) is 5.69 Å². The molecule has 0 aliphatic heterocycles. The third-order valence-corrected chi connectivity index (χ3v) is 3.46. The van der Waals surface area contributed by atoms with Crippen LogP contribution >= 0.6 is 12.4 Å². The monoisotopic (exact) mass is 369 g/mol. The number of likely N-dealkylation sites (N-methyl/N-ethyl adjacent to an activating group) is 1. The van der Waals surface area contributed by atoms with E-state index < -0.39 is 4.92 Å². The number of benzene rings is 1. The highest BCUT2D eigenvalue weighted by molar-refractivity contribution is 5.94. The number of non-ortho nitro benzene ring substituents is 1. The summed E-state index contributed by atoms with van der Waals surface area (Å²) in [5, 5.41) is 20.3. The van der Waals surface area contributed by atoms with Crippen molar-refractivity contribution in [1.29, 1.82) is 0 Å². The Hall–Kier alpha value is -2.52. The van der Waals surface area contributed by atoms with Crippen molar-refractivity contribution in [2.45, 2.75) is 25.8 Å². The van der Waals surface area contributed by atoms with Crippen molar-refractivity contribution in [2.75, 3.05) is 13.6 Å². The van der Waals surface area contributed by atoms with Crippen molar-refractivity contribution < 1.29 is 14.2 Å². The number of carbonyl (C=O) groups excluding carboxylic acids is 1. The Balaban J connectivity index is 0.00000312. The maximum Gasteiger partial charge on any atom is 0.269 e. The van der Waals surface area contributed by atoms with Gasteiger partial charge >= 0.3 is 0 Å². The largest absolute Gasteiger partial charge is 0.352 e. The summed E-state index contributed by atoms with van der Waals surface area (Å²) in [4.78, 5) is 26.3. The van der Waals surface area contributed by atoms with E-state index in [2.05, 4.69) is 20.8 Å². The first-order valence-corrected chi connectivity index (χ1v) is 7.51. The van der Waals surface area contributed by atoms with Crippen molar-refractivity contribution >= 4 is 24.0 Å². The Morgan fingerprint density at radius 3 is 2.64 bits per heavy atom. The topological polar surface area (TPSA) is 123 Å². The molecule has 0 aliphatic carbocycles. The molecule has 1 heterocycles. The molecule has 10 heteroatoms. The lowest BCUT2D eigenvalue weighted by molar-refractivity contribution is -0.384. The van der Waals surface area contributed by atoms with Crippen molar-refractivity contribution in [2.24, 2.45) is 0 Å². The fourth-order valence-electron chi connectivity index (χ4n) is 1.97. The molecule has 0 saturated carbocycles. The van der Waals surface area contributed by atoms with Gasteiger partial charge in [0.15, 0.2) is 5.82 Å². The summed E-state index contributed by atoms with van der Waals surface area (Å²) in [5.41, 5.74) is 0.301. The Kier molecular flexibility index (Phi) is 7.96.